The molecular formula is C21H28N2O4. The second-order valence-electron chi connectivity index (χ2n) is 7.59. The van der Waals surface area contributed by atoms with Gasteiger partial charge in [0.15, 0.2) is 0 Å². The third-order valence-electron chi connectivity index (χ3n) is 5.76. The van der Waals surface area contributed by atoms with E-state index in [1.807, 2.05) is 42.3 Å². The first kappa shape index (κ1) is 19.5. The Balaban J connectivity index is 1.67. The van der Waals surface area contributed by atoms with Gasteiger partial charge in [-0.3, -0.25) is 24.2 Å². The number of rotatable bonds is 4. The molecule has 0 radical (unpaired) electrons. The van der Waals surface area contributed by atoms with Crippen LogP contribution in [-0.4, -0.2) is 53.3 Å². The summed E-state index contributed by atoms with van der Waals surface area (Å²) >= 11 is 0. The van der Waals surface area contributed by atoms with Crippen molar-refractivity contribution >= 4 is 17.8 Å². The van der Waals surface area contributed by atoms with Crippen molar-refractivity contribution in [1.29, 1.82) is 0 Å². The second kappa shape index (κ2) is 8.65. The van der Waals surface area contributed by atoms with E-state index in [2.05, 4.69) is 0 Å². The number of hydrogen-bond acceptors (Lipinski definition) is 5. The number of esters is 1. The van der Waals surface area contributed by atoms with Gasteiger partial charge in [-0.2, -0.15) is 0 Å². The number of amides is 2. The first-order chi connectivity index (χ1) is 13.0. The van der Waals surface area contributed by atoms with Gasteiger partial charge < -0.3 is 4.74 Å². The molecule has 6 nitrogen and oxygen atoms in total. The van der Waals surface area contributed by atoms with Gasteiger partial charge >= 0.3 is 5.97 Å². The van der Waals surface area contributed by atoms with Gasteiger partial charge in [-0.1, -0.05) is 62.4 Å². The third kappa shape index (κ3) is 4.38. The summed E-state index contributed by atoms with van der Waals surface area (Å²) in [6.07, 6.45) is 6.83. The lowest BCUT2D eigenvalue weighted by Gasteiger charge is -2.47. The topological polar surface area (TPSA) is 66.9 Å². The number of piperazine rings is 1. The van der Waals surface area contributed by atoms with Gasteiger partial charge in [0, 0.05) is 0 Å². The number of benzene rings is 1. The number of imide groups is 1. The molecule has 1 aromatic rings. The fraction of sp³-hybridized carbons (Fsp3) is 0.571. The van der Waals surface area contributed by atoms with E-state index < -0.39 is 11.5 Å². The number of hydrogen-bond donors (Lipinski definition) is 0. The molecule has 0 N–H and O–H groups in total. The SMILES string of the molecule is CN1CC(=O)N(CC(=O)OCc2ccccc2)C(=O)C12CCCCCCC2. The van der Waals surface area contributed by atoms with Crippen LogP contribution in [0.5, 0.6) is 0 Å². The van der Waals surface area contributed by atoms with Crippen molar-refractivity contribution < 1.29 is 19.1 Å². The minimum absolute atomic E-state index is 0.140. The van der Waals surface area contributed by atoms with Crippen LogP contribution >= 0.6 is 0 Å². The molecule has 2 amide bonds. The van der Waals surface area contributed by atoms with Crippen LogP contribution in [-0.2, 0) is 25.7 Å². The highest BCUT2D eigenvalue weighted by atomic mass is 16.5. The van der Waals surface area contributed by atoms with Gasteiger partial charge in [0.05, 0.1) is 6.54 Å². The number of ether oxygens (including phenoxy) is 1. The van der Waals surface area contributed by atoms with Crippen molar-refractivity contribution in [3.05, 3.63) is 35.9 Å². The zero-order valence-electron chi connectivity index (χ0n) is 16.0. The molecule has 2 fully saturated rings. The molecule has 1 heterocycles. The van der Waals surface area contributed by atoms with Crippen molar-refractivity contribution in [2.24, 2.45) is 0 Å². The molecule has 0 unspecified atom stereocenters. The monoisotopic (exact) mass is 372 g/mol. The van der Waals surface area contributed by atoms with E-state index in [4.69, 9.17) is 4.74 Å². The van der Waals surface area contributed by atoms with E-state index >= 15 is 0 Å². The Morgan fingerprint density at radius 2 is 1.67 bits per heavy atom. The predicted molar refractivity (Wildman–Crippen MR) is 101 cm³/mol. The normalized spacial score (nSPS) is 21.0. The van der Waals surface area contributed by atoms with Gasteiger partial charge in [-0.15, -0.1) is 0 Å². The first-order valence-corrected chi connectivity index (χ1v) is 9.78. The van der Waals surface area contributed by atoms with Crippen LogP contribution in [0, 0.1) is 0 Å². The molecule has 1 spiro atoms. The number of nitrogens with zero attached hydrogens (tertiary/aromatic N) is 2. The number of carbonyl (C=O) groups excluding carboxylic acids is 3. The fourth-order valence-electron chi connectivity index (χ4n) is 4.13. The Hall–Kier alpha value is -2.21. The van der Waals surface area contributed by atoms with Gasteiger partial charge in [-0.25, -0.2) is 0 Å². The van der Waals surface area contributed by atoms with Gasteiger partial charge in [0.25, 0.3) is 0 Å². The second-order valence-corrected chi connectivity index (χ2v) is 7.59. The van der Waals surface area contributed by atoms with Gasteiger partial charge in [0.2, 0.25) is 11.8 Å². The Kier molecular flexibility index (Phi) is 6.26. The van der Waals surface area contributed by atoms with E-state index in [9.17, 15) is 14.4 Å². The molecule has 6 heteroatoms. The summed E-state index contributed by atoms with van der Waals surface area (Å²) < 4.78 is 5.28. The summed E-state index contributed by atoms with van der Waals surface area (Å²) in [6.45, 7) is -0.00125. The largest absolute Gasteiger partial charge is 0.459 e. The summed E-state index contributed by atoms with van der Waals surface area (Å²) in [5.74, 6) is -1.11. The lowest BCUT2D eigenvalue weighted by atomic mass is 9.80. The van der Waals surface area contributed by atoms with Crippen LogP contribution in [0.2, 0.25) is 0 Å². The zero-order chi connectivity index (χ0) is 19.3. The maximum atomic E-state index is 13.3. The smallest absolute Gasteiger partial charge is 0.326 e. The molecular weight excluding hydrogens is 344 g/mol. The molecule has 27 heavy (non-hydrogen) atoms. The Morgan fingerprint density at radius 3 is 2.33 bits per heavy atom. The van der Waals surface area contributed by atoms with E-state index in [-0.39, 0.29) is 31.5 Å². The summed E-state index contributed by atoms with van der Waals surface area (Å²) in [5, 5.41) is 0. The molecule has 1 aliphatic heterocycles. The van der Waals surface area contributed by atoms with Crippen molar-refractivity contribution in [3.63, 3.8) is 0 Å². The molecule has 1 aliphatic carbocycles. The van der Waals surface area contributed by atoms with Crippen LogP contribution < -0.4 is 0 Å². The van der Waals surface area contributed by atoms with E-state index in [1.165, 1.54) is 6.42 Å². The molecule has 1 aromatic carbocycles. The van der Waals surface area contributed by atoms with Gasteiger partial charge in [0.1, 0.15) is 18.7 Å². The van der Waals surface area contributed by atoms with Crippen molar-refractivity contribution in [1.82, 2.24) is 9.80 Å². The summed E-state index contributed by atoms with van der Waals surface area (Å²) in [5.41, 5.74) is 0.215. The number of carbonyl (C=O) groups is 3. The quantitative estimate of drug-likeness (QED) is 0.600. The highest BCUT2D eigenvalue weighted by molar-refractivity contribution is 6.05. The van der Waals surface area contributed by atoms with E-state index in [1.54, 1.807) is 0 Å². The molecule has 0 aromatic heterocycles. The Bertz CT molecular complexity index is 681. The zero-order valence-corrected chi connectivity index (χ0v) is 16.0. The lowest BCUT2D eigenvalue weighted by Crippen LogP contribution is -2.67. The fourth-order valence-corrected chi connectivity index (χ4v) is 4.13. The maximum Gasteiger partial charge on any atom is 0.326 e. The minimum atomic E-state index is -0.659. The Labute approximate surface area is 160 Å². The van der Waals surface area contributed by atoms with Crippen molar-refractivity contribution in [3.8, 4) is 0 Å². The first-order valence-electron chi connectivity index (χ1n) is 9.78. The predicted octanol–water partition coefficient (Wildman–Crippen LogP) is 2.51. The summed E-state index contributed by atoms with van der Waals surface area (Å²) in [7, 11) is 1.85. The highest BCUT2D eigenvalue weighted by Crippen LogP contribution is 2.35. The van der Waals surface area contributed by atoms with E-state index in [0.717, 1.165) is 49.0 Å². The van der Waals surface area contributed by atoms with Crippen LogP contribution in [0.25, 0.3) is 0 Å². The maximum absolute atomic E-state index is 13.3. The lowest BCUT2D eigenvalue weighted by molar-refractivity contribution is -0.169. The van der Waals surface area contributed by atoms with Crippen LogP contribution in [0.15, 0.2) is 30.3 Å². The third-order valence-corrected chi connectivity index (χ3v) is 5.76. The molecule has 2 aliphatic rings. The Morgan fingerprint density at radius 1 is 1.04 bits per heavy atom. The van der Waals surface area contributed by atoms with Crippen LogP contribution in [0.1, 0.15) is 50.5 Å². The standard InChI is InChI=1S/C21H28N2O4/c1-22-14-18(24)23(15-19(25)27-16-17-10-6-5-7-11-17)20(26)21(22)12-8-3-2-4-9-13-21/h5-7,10-11H,2-4,8-9,12-16H2,1H3. The molecule has 146 valence electrons. The van der Waals surface area contributed by atoms with Crippen LogP contribution in [0.3, 0.4) is 0 Å². The molecule has 0 bridgehead atoms. The number of likely N-dealkylation sites (N-methyl/N-ethyl adjacent to an activating group) is 1. The molecule has 1 saturated heterocycles. The molecule has 3 rings (SSSR count). The average molecular weight is 372 g/mol. The minimum Gasteiger partial charge on any atom is -0.459 e. The highest BCUT2D eigenvalue weighted by Gasteiger charge is 2.50. The van der Waals surface area contributed by atoms with Crippen LogP contribution in [0.4, 0.5) is 0 Å². The summed E-state index contributed by atoms with van der Waals surface area (Å²) in [6, 6.07) is 9.36. The van der Waals surface area contributed by atoms with Crippen molar-refractivity contribution in [2.75, 3.05) is 20.1 Å². The van der Waals surface area contributed by atoms with E-state index in [0.29, 0.717) is 0 Å². The van der Waals surface area contributed by atoms with Gasteiger partial charge in [-0.05, 0) is 25.5 Å². The molecule has 0 atom stereocenters. The summed E-state index contributed by atoms with van der Waals surface area (Å²) in [4.78, 5) is 41.0. The molecule has 1 saturated carbocycles. The average Bonchev–Trinajstić information content (AvgIpc) is 2.64. The van der Waals surface area contributed by atoms with Crippen molar-refractivity contribution in [2.45, 2.75) is 57.1 Å².